The van der Waals surface area contributed by atoms with Crippen LogP contribution in [0, 0.1) is 6.92 Å². The van der Waals surface area contributed by atoms with Crippen LogP contribution in [-0.2, 0) is 20.9 Å². The lowest BCUT2D eigenvalue weighted by Crippen LogP contribution is -2.22. The van der Waals surface area contributed by atoms with Gasteiger partial charge in [-0.1, -0.05) is 53.3 Å². The molecule has 0 atom stereocenters. The van der Waals surface area contributed by atoms with E-state index in [4.69, 9.17) is 16.3 Å². The second-order valence-electron chi connectivity index (χ2n) is 5.77. The summed E-state index contributed by atoms with van der Waals surface area (Å²) in [6, 6.07) is 13.0. The Balaban J connectivity index is 2.03. The van der Waals surface area contributed by atoms with Crippen LogP contribution in [0.2, 0.25) is 5.02 Å². The molecule has 138 valence electrons. The minimum Gasteiger partial charge on any atom is -0.468 e. The van der Waals surface area contributed by atoms with E-state index in [1.165, 1.54) is 24.5 Å². The van der Waals surface area contributed by atoms with E-state index in [1.54, 1.807) is 16.7 Å². The molecule has 3 aromatic rings. The molecule has 0 aliphatic heterocycles. The largest absolute Gasteiger partial charge is 0.468 e. The van der Waals surface area contributed by atoms with Gasteiger partial charge in [0.05, 0.1) is 17.3 Å². The van der Waals surface area contributed by atoms with Crippen LogP contribution < -0.4 is 4.80 Å². The molecule has 3 rings (SSSR count). The zero-order chi connectivity index (χ0) is 19.4. The molecule has 0 spiro atoms. The van der Waals surface area contributed by atoms with Crippen molar-refractivity contribution in [3.05, 3.63) is 69.5 Å². The van der Waals surface area contributed by atoms with Crippen LogP contribution in [0.25, 0.3) is 16.3 Å². The van der Waals surface area contributed by atoms with Gasteiger partial charge in [0.1, 0.15) is 6.54 Å². The van der Waals surface area contributed by atoms with Gasteiger partial charge in [-0.25, -0.2) is 0 Å². The topological polar surface area (TPSA) is 60.7 Å². The Hall–Kier alpha value is -2.70. The Morgan fingerprint density at radius 1 is 1.22 bits per heavy atom. The standard InChI is InChI=1S/C20H17ClN2O3S/c1-13-6-5-9-16-19(13)23(12-18(25)26-2)20(27-16)22-17(24)11-10-14-7-3-4-8-15(14)21/h3-11H,12H2,1-2H3/b11-10+,22-20?. The number of fused-ring (bicyclic) bond motifs is 1. The first-order valence-electron chi connectivity index (χ1n) is 8.16. The average molecular weight is 401 g/mol. The number of aryl methyl sites for hydroxylation is 1. The molecule has 0 aliphatic carbocycles. The number of para-hydroxylation sites is 1. The van der Waals surface area contributed by atoms with Crippen molar-refractivity contribution < 1.29 is 14.3 Å². The van der Waals surface area contributed by atoms with Gasteiger partial charge in [0.15, 0.2) is 4.80 Å². The number of hydrogen-bond donors (Lipinski definition) is 0. The van der Waals surface area contributed by atoms with Crippen LogP contribution in [0.15, 0.2) is 53.5 Å². The Morgan fingerprint density at radius 2 is 2.00 bits per heavy atom. The molecule has 0 saturated heterocycles. The van der Waals surface area contributed by atoms with Crippen molar-refractivity contribution in [2.45, 2.75) is 13.5 Å². The zero-order valence-electron chi connectivity index (χ0n) is 14.8. The molecule has 1 aromatic heterocycles. The van der Waals surface area contributed by atoms with Gasteiger partial charge < -0.3 is 9.30 Å². The minimum absolute atomic E-state index is 0.0122. The maximum Gasteiger partial charge on any atom is 0.325 e. The number of thiazole rings is 1. The van der Waals surface area contributed by atoms with Gasteiger partial charge in [0.2, 0.25) is 0 Å². The van der Waals surface area contributed by atoms with Crippen LogP contribution in [0.5, 0.6) is 0 Å². The number of methoxy groups -OCH3 is 1. The Labute approximate surface area is 165 Å². The third-order valence-electron chi connectivity index (χ3n) is 3.93. The van der Waals surface area contributed by atoms with Crippen molar-refractivity contribution >= 4 is 51.1 Å². The average Bonchev–Trinajstić information content (AvgIpc) is 2.99. The maximum atomic E-state index is 12.3. The fraction of sp³-hybridized carbons (Fsp3) is 0.150. The molecule has 0 N–H and O–H groups in total. The van der Waals surface area contributed by atoms with Crippen molar-refractivity contribution in [2.75, 3.05) is 7.11 Å². The van der Waals surface area contributed by atoms with E-state index in [0.29, 0.717) is 9.82 Å². The predicted octanol–water partition coefficient (Wildman–Crippen LogP) is 3.98. The van der Waals surface area contributed by atoms with Crippen molar-refractivity contribution in [2.24, 2.45) is 4.99 Å². The number of halogens is 1. The second-order valence-corrected chi connectivity index (χ2v) is 7.19. The Morgan fingerprint density at radius 3 is 2.74 bits per heavy atom. The van der Waals surface area contributed by atoms with Crippen LogP contribution >= 0.6 is 22.9 Å². The number of esters is 1. The SMILES string of the molecule is COC(=O)Cn1c(=NC(=O)/C=C/c2ccccc2Cl)sc2cccc(C)c21. The normalized spacial score (nSPS) is 12.0. The van der Waals surface area contributed by atoms with Crippen LogP contribution in [0.4, 0.5) is 0 Å². The number of aromatic nitrogens is 1. The summed E-state index contributed by atoms with van der Waals surface area (Å²) in [5, 5.41) is 0.555. The Bertz CT molecular complexity index is 1110. The highest BCUT2D eigenvalue weighted by Gasteiger charge is 2.12. The lowest BCUT2D eigenvalue weighted by atomic mass is 10.2. The summed E-state index contributed by atoms with van der Waals surface area (Å²) < 4.78 is 7.44. The highest BCUT2D eigenvalue weighted by Crippen LogP contribution is 2.21. The second kappa shape index (κ2) is 8.33. The van der Waals surface area contributed by atoms with E-state index in [-0.39, 0.29) is 6.54 Å². The number of carbonyl (C=O) groups is 2. The van der Waals surface area contributed by atoms with Crippen molar-refractivity contribution in [1.29, 1.82) is 0 Å². The number of benzene rings is 2. The van der Waals surface area contributed by atoms with Crippen LogP contribution in [0.1, 0.15) is 11.1 Å². The molecular formula is C20H17ClN2O3S. The van der Waals surface area contributed by atoms with Gasteiger partial charge in [-0.2, -0.15) is 4.99 Å². The van der Waals surface area contributed by atoms with E-state index in [0.717, 1.165) is 21.3 Å². The number of carbonyl (C=O) groups excluding carboxylic acids is 2. The third kappa shape index (κ3) is 4.35. The summed E-state index contributed by atoms with van der Waals surface area (Å²) in [4.78, 5) is 28.8. The van der Waals surface area contributed by atoms with E-state index in [9.17, 15) is 9.59 Å². The molecular weight excluding hydrogens is 384 g/mol. The molecule has 0 bridgehead atoms. The molecule has 1 heterocycles. The van der Waals surface area contributed by atoms with E-state index in [1.807, 2.05) is 43.3 Å². The summed E-state index contributed by atoms with van der Waals surface area (Å²) in [5.74, 6) is -0.837. The fourth-order valence-electron chi connectivity index (χ4n) is 2.64. The van der Waals surface area contributed by atoms with Gasteiger partial charge in [-0.05, 0) is 36.3 Å². The monoisotopic (exact) mass is 400 g/mol. The predicted molar refractivity (Wildman–Crippen MR) is 108 cm³/mol. The molecule has 0 saturated carbocycles. The fourth-order valence-corrected chi connectivity index (χ4v) is 3.95. The van der Waals surface area contributed by atoms with E-state index < -0.39 is 11.9 Å². The summed E-state index contributed by atoms with van der Waals surface area (Å²) in [6.45, 7) is 1.94. The van der Waals surface area contributed by atoms with Gasteiger partial charge in [-0.3, -0.25) is 9.59 Å². The van der Waals surface area contributed by atoms with Crippen molar-refractivity contribution in [3.8, 4) is 0 Å². The summed E-state index contributed by atoms with van der Waals surface area (Å²) in [6.07, 6.45) is 2.98. The number of rotatable bonds is 4. The van der Waals surface area contributed by atoms with Crippen LogP contribution in [0.3, 0.4) is 0 Å². The zero-order valence-corrected chi connectivity index (χ0v) is 16.4. The molecule has 27 heavy (non-hydrogen) atoms. The lowest BCUT2D eigenvalue weighted by molar-refractivity contribution is -0.141. The first-order chi connectivity index (χ1) is 13.0. The van der Waals surface area contributed by atoms with Gasteiger partial charge >= 0.3 is 5.97 Å². The molecule has 5 nitrogen and oxygen atoms in total. The summed E-state index contributed by atoms with van der Waals surface area (Å²) >= 11 is 7.44. The van der Waals surface area contributed by atoms with Gasteiger partial charge in [0.25, 0.3) is 5.91 Å². The van der Waals surface area contributed by atoms with E-state index in [2.05, 4.69) is 4.99 Å². The van der Waals surface area contributed by atoms with Gasteiger partial charge in [-0.15, -0.1) is 0 Å². The number of ether oxygens (including phenoxy) is 1. The van der Waals surface area contributed by atoms with Gasteiger partial charge in [0, 0.05) is 11.1 Å². The van der Waals surface area contributed by atoms with Crippen molar-refractivity contribution in [1.82, 2.24) is 4.57 Å². The number of nitrogens with zero attached hydrogens (tertiary/aromatic N) is 2. The first-order valence-corrected chi connectivity index (χ1v) is 9.36. The quantitative estimate of drug-likeness (QED) is 0.491. The Kier molecular flexibility index (Phi) is 5.88. The summed E-state index contributed by atoms with van der Waals surface area (Å²) in [7, 11) is 1.33. The van der Waals surface area contributed by atoms with Crippen molar-refractivity contribution in [3.63, 3.8) is 0 Å². The molecule has 0 fully saturated rings. The molecule has 2 aromatic carbocycles. The molecule has 7 heteroatoms. The first kappa shape index (κ1) is 19.1. The number of hydrogen-bond acceptors (Lipinski definition) is 4. The maximum absolute atomic E-state index is 12.3. The summed E-state index contributed by atoms with van der Waals surface area (Å²) in [5.41, 5.74) is 2.60. The highest BCUT2D eigenvalue weighted by atomic mass is 35.5. The van der Waals surface area contributed by atoms with Crippen LogP contribution in [-0.4, -0.2) is 23.6 Å². The third-order valence-corrected chi connectivity index (χ3v) is 5.32. The lowest BCUT2D eigenvalue weighted by Gasteiger charge is -2.05. The molecule has 0 unspecified atom stereocenters. The molecule has 0 aliphatic rings. The molecule has 0 radical (unpaired) electrons. The number of amides is 1. The highest BCUT2D eigenvalue weighted by molar-refractivity contribution is 7.16. The smallest absolute Gasteiger partial charge is 0.325 e. The molecule has 1 amide bonds. The van der Waals surface area contributed by atoms with E-state index >= 15 is 0 Å². The minimum atomic E-state index is -0.433.